The van der Waals surface area contributed by atoms with Gasteiger partial charge in [0.2, 0.25) is 5.91 Å². The first-order valence-corrected chi connectivity index (χ1v) is 7.92. The Balaban J connectivity index is 2.27. The van der Waals surface area contributed by atoms with Crippen LogP contribution in [-0.4, -0.2) is 24.7 Å². The number of carbonyl (C=O) groups is 1. The number of rotatable bonds is 3. The standard InChI is InChI=1S/C11H13N3O3S2/c1-2-9-10(15)13-11(18-9)14-19(16,17)8-5-3-7(12)4-6-8/h3-6,9H,2,12H2,1H3,(H,13,14,15)/t9-/m0/s1. The van der Waals surface area contributed by atoms with E-state index in [1.165, 1.54) is 24.3 Å². The number of hydrogen-bond donors (Lipinski definition) is 2. The summed E-state index contributed by atoms with van der Waals surface area (Å²) in [6.07, 6.45) is 0.622. The zero-order valence-electron chi connectivity index (χ0n) is 10.2. The highest BCUT2D eigenvalue weighted by Crippen LogP contribution is 2.24. The maximum absolute atomic E-state index is 12.0. The van der Waals surface area contributed by atoms with E-state index in [0.717, 1.165) is 11.8 Å². The molecule has 1 aromatic carbocycles. The van der Waals surface area contributed by atoms with E-state index in [9.17, 15) is 13.2 Å². The fourth-order valence-corrected chi connectivity index (χ4v) is 3.60. The van der Waals surface area contributed by atoms with Crippen molar-refractivity contribution in [3.8, 4) is 0 Å². The van der Waals surface area contributed by atoms with Gasteiger partial charge in [-0.2, -0.15) is 8.42 Å². The molecule has 2 rings (SSSR count). The zero-order chi connectivity index (χ0) is 14.0. The van der Waals surface area contributed by atoms with Crippen molar-refractivity contribution in [2.24, 2.45) is 4.40 Å². The molecule has 1 aromatic rings. The third-order valence-electron chi connectivity index (χ3n) is 2.53. The summed E-state index contributed by atoms with van der Waals surface area (Å²) in [6.45, 7) is 1.86. The Morgan fingerprint density at radius 3 is 2.53 bits per heavy atom. The van der Waals surface area contributed by atoms with Crippen molar-refractivity contribution in [3.05, 3.63) is 24.3 Å². The molecule has 19 heavy (non-hydrogen) atoms. The van der Waals surface area contributed by atoms with E-state index < -0.39 is 10.0 Å². The highest BCUT2D eigenvalue weighted by molar-refractivity contribution is 8.16. The lowest BCUT2D eigenvalue weighted by Gasteiger charge is -2.00. The molecule has 8 heteroatoms. The van der Waals surface area contributed by atoms with Gasteiger partial charge in [-0.05, 0) is 30.7 Å². The van der Waals surface area contributed by atoms with E-state index in [-0.39, 0.29) is 21.2 Å². The minimum Gasteiger partial charge on any atom is -0.399 e. The third-order valence-corrected chi connectivity index (χ3v) is 5.18. The lowest BCUT2D eigenvalue weighted by atomic mass is 10.3. The van der Waals surface area contributed by atoms with Crippen molar-refractivity contribution in [2.75, 3.05) is 5.73 Å². The predicted molar refractivity (Wildman–Crippen MR) is 75.3 cm³/mol. The summed E-state index contributed by atoms with van der Waals surface area (Å²) in [4.78, 5) is 11.5. The van der Waals surface area contributed by atoms with E-state index in [2.05, 4.69) is 9.71 Å². The van der Waals surface area contributed by atoms with Crippen LogP contribution in [0.4, 0.5) is 5.69 Å². The van der Waals surface area contributed by atoms with Crippen molar-refractivity contribution in [1.29, 1.82) is 0 Å². The Labute approximate surface area is 115 Å². The highest BCUT2D eigenvalue weighted by Gasteiger charge is 2.30. The molecule has 1 saturated heterocycles. The fourth-order valence-electron chi connectivity index (χ4n) is 1.52. The number of nitrogens with two attached hydrogens (primary N) is 1. The molecule has 1 heterocycles. The van der Waals surface area contributed by atoms with Gasteiger partial charge in [0.25, 0.3) is 10.0 Å². The van der Waals surface area contributed by atoms with Crippen molar-refractivity contribution in [1.82, 2.24) is 5.32 Å². The molecule has 1 aliphatic rings. The van der Waals surface area contributed by atoms with Crippen LogP contribution in [0.3, 0.4) is 0 Å². The molecule has 1 aliphatic heterocycles. The van der Waals surface area contributed by atoms with E-state index >= 15 is 0 Å². The molecule has 0 radical (unpaired) electrons. The maximum atomic E-state index is 12.0. The smallest absolute Gasteiger partial charge is 0.284 e. The predicted octanol–water partition coefficient (Wildman–Crippen LogP) is 0.955. The molecular weight excluding hydrogens is 286 g/mol. The number of nitrogen functional groups attached to an aromatic ring is 1. The van der Waals surface area contributed by atoms with Gasteiger partial charge in [0.05, 0.1) is 10.1 Å². The number of carbonyl (C=O) groups excluding carboxylic acids is 1. The number of hydrogen-bond acceptors (Lipinski definition) is 5. The molecule has 0 unspecified atom stereocenters. The van der Waals surface area contributed by atoms with Crippen LogP contribution in [0.25, 0.3) is 0 Å². The molecule has 0 spiro atoms. The normalized spacial score (nSPS) is 21.6. The van der Waals surface area contributed by atoms with Crippen LogP contribution < -0.4 is 11.1 Å². The topological polar surface area (TPSA) is 102 Å². The summed E-state index contributed by atoms with van der Waals surface area (Å²) in [5, 5.41) is 2.30. The van der Waals surface area contributed by atoms with Crippen LogP contribution in [-0.2, 0) is 14.8 Å². The number of sulfonamides is 1. The number of anilines is 1. The third kappa shape index (κ3) is 3.07. The van der Waals surface area contributed by atoms with E-state index in [0.29, 0.717) is 12.1 Å². The fraction of sp³-hybridized carbons (Fsp3) is 0.273. The number of amidine groups is 1. The second-order valence-electron chi connectivity index (χ2n) is 3.94. The first-order chi connectivity index (χ1) is 8.92. The second kappa shape index (κ2) is 5.22. The Kier molecular flexibility index (Phi) is 3.81. The number of amides is 1. The van der Waals surface area contributed by atoms with Gasteiger partial charge in [0.15, 0.2) is 5.17 Å². The summed E-state index contributed by atoms with van der Waals surface area (Å²) in [6, 6.07) is 5.74. The first-order valence-electron chi connectivity index (χ1n) is 5.60. The monoisotopic (exact) mass is 299 g/mol. The average Bonchev–Trinajstić information content (AvgIpc) is 2.69. The highest BCUT2D eigenvalue weighted by atomic mass is 32.2. The summed E-state index contributed by atoms with van der Waals surface area (Å²) in [5.74, 6) is -0.209. The summed E-state index contributed by atoms with van der Waals surface area (Å²) < 4.78 is 27.7. The zero-order valence-corrected chi connectivity index (χ0v) is 11.8. The van der Waals surface area contributed by atoms with E-state index in [4.69, 9.17) is 5.73 Å². The molecule has 3 N–H and O–H groups in total. The van der Waals surface area contributed by atoms with Crippen LogP contribution in [0, 0.1) is 0 Å². The summed E-state index contributed by atoms with van der Waals surface area (Å²) in [7, 11) is -3.82. The van der Waals surface area contributed by atoms with Crippen molar-refractivity contribution in [3.63, 3.8) is 0 Å². The number of nitrogens with one attached hydrogen (secondary N) is 1. The SMILES string of the molecule is CC[C@@H]1SC(=NS(=O)(=O)c2ccc(N)cc2)NC1=O. The number of thioether (sulfide) groups is 1. The number of nitrogens with zero attached hydrogens (tertiary/aromatic N) is 1. The van der Waals surface area contributed by atoms with Crippen LogP contribution >= 0.6 is 11.8 Å². The van der Waals surface area contributed by atoms with Crippen molar-refractivity contribution >= 4 is 38.5 Å². The van der Waals surface area contributed by atoms with Crippen LogP contribution in [0.2, 0.25) is 0 Å². The van der Waals surface area contributed by atoms with Gasteiger partial charge in [0, 0.05) is 5.69 Å². The minimum atomic E-state index is -3.82. The molecule has 1 fully saturated rings. The quantitative estimate of drug-likeness (QED) is 0.809. The van der Waals surface area contributed by atoms with Crippen LogP contribution in [0.1, 0.15) is 13.3 Å². The summed E-state index contributed by atoms with van der Waals surface area (Å²) in [5.41, 5.74) is 5.97. The maximum Gasteiger partial charge on any atom is 0.284 e. The molecule has 0 aliphatic carbocycles. The molecule has 0 saturated carbocycles. The Hall–Kier alpha value is -1.54. The largest absolute Gasteiger partial charge is 0.399 e. The van der Waals surface area contributed by atoms with Gasteiger partial charge in [-0.3, -0.25) is 4.79 Å². The minimum absolute atomic E-state index is 0.0454. The average molecular weight is 299 g/mol. The van der Waals surface area contributed by atoms with Gasteiger partial charge >= 0.3 is 0 Å². The van der Waals surface area contributed by atoms with Gasteiger partial charge in [0.1, 0.15) is 0 Å². The first kappa shape index (κ1) is 13.9. The Morgan fingerprint density at radius 2 is 2.00 bits per heavy atom. The van der Waals surface area contributed by atoms with Crippen molar-refractivity contribution < 1.29 is 13.2 Å². The van der Waals surface area contributed by atoms with E-state index in [1.807, 2.05) is 6.92 Å². The van der Waals surface area contributed by atoms with E-state index in [1.54, 1.807) is 0 Å². The second-order valence-corrected chi connectivity index (χ2v) is 6.74. The summed E-state index contributed by atoms with van der Waals surface area (Å²) >= 11 is 1.13. The molecule has 1 amide bonds. The van der Waals surface area contributed by atoms with Crippen LogP contribution in [0.15, 0.2) is 33.6 Å². The van der Waals surface area contributed by atoms with Crippen LogP contribution in [0.5, 0.6) is 0 Å². The molecule has 6 nitrogen and oxygen atoms in total. The van der Waals surface area contributed by atoms with Gasteiger partial charge in [-0.15, -0.1) is 4.40 Å². The molecule has 0 aromatic heterocycles. The lowest BCUT2D eigenvalue weighted by molar-refractivity contribution is -0.118. The molecule has 0 bridgehead atoms. The van der Waals surface area contributed by atoms with Gasteiger partial charge < -0.3 is 11.1 Å². The van der Waals surface area contributed by atoms with Crippen molar-refractivity contribution in [2.45, 2.75) is 23.5 Å². The van der Waals surface area contributed by atoms with Gasteiger partial charge in [-0.1, -0.05) is 18.7 Å². The molecular formula is C11H13N3O3S2. The molecule has 102 valence electrons. The molecule has 1 atom stereocenters. The number of benzene rings is 1. The lowest BCUT2D eigenvalue weighted by Crippen LogP contribution is -2.24. The van der Waals surface area contributed by atoms with Gasteiger partial charge in [-0.25, -0.2) is 0 Å². The Bertz CT molecular complexity index is 623. The Morgan fingerprint density at radius 1 is 1.37 bits per heavy atom.